The van der Waals surface area contributed by atoms with E-state index in [4.69, 9.17) is 4.74 Å². The second kappa shape index (κ2) is 6.59. The molecule has 0 bridgehead atoms. The third-order valence-electron chi connectivity index (χ3n) is 5.77. The first-order chi connectivity index (χ1) is 10.9. The Balaban J connectivity index is 1.20. The van der Waals surface area contributed by atoms with Crippen LogP contribution in [0, 0.1) is 5.92 Å². The van der Waals surface area contributed by atoms with Crippen LogP contribution in [0.2, 0.25) is 0 Å². The van der Waals surface area contributed by atoms with Crippen LogP contribution in [0.4, 0.5) is 5.69 Å². The summed E-state index contributed by atoms with van der Waals surface area (Å²) in [7, 11) is 0. The second-order valence-electron chi connectivity index (χ2n) is 7.23. The molecule has 1 aliphatic carbocycles. The second-order valence-corrected chi connectivity index (χ2v) is 7.23. The van der Waals surface area contributed by atoms with Crippen LogP contribution >= 0.6 is 0 Å². The third kappa shape index (κ3) is 3.16. The zero-order chi connectivity index (χ0) is 14.8. The van der Waals surface area contributed by atoms with Gasteiger partial charge in [-0.2, -0.15) is 0 Å². The fourth-order valence-electron chi connectivity index (χ4n) is 4.50. The van der Waals surface area contributed by atoms with Crippen molar-refractivity contribution in [3.8, 4) is 0 Å². The Morgan fingerprint density at radius 3 is 2.64 bits per heavy atom. The molecule has 3 unspecified atom stereocenters. The molecule has 3 fully saturated rings. The molecule has 3 nitrogen and oxygen atoms in total. The molecule has 3 heteroatoms. The smallest absolute Gasteiger partial charge is 0.0707 e. The van der Waals surface area contributed by atoms with E-state index in [9.17, 15) is 0 Å². The van der Waals surface area contributed by atoms with Crippen LogP contribution in [-0.4, -0.2) is 37.9 Å². The van der Waals surface area contributed by atoms with Crippen molar-refractivity contribution in [1.29, 1.82) is 0 Å². The van der Waals surface area contributed by atoms with Crippen molar-refractivity contribution in [2.45, 2.75) is 56.8 Å². The normalized spacial score (nSPS) is 32.4. The van der Waals surface area contributed by atoms with Crippen molar-refractivity contribution in [3.63, 3.8) is 0 Å². The highest BCUT2D eigenvalue weighted by atomic mass is 16.5. The topological polar surface area (TPSA) is 24.5 Å². The Morgan fingerprint density at radius 2 is 1.86 bits per heavy atom. The predicted octanol–water partition coefficient (Wildman–Crippen LogP) is 3.20. The first kappa shape index (κ1) is 14.5. The standard InChI is InChI=1S/C19H28N2O/c1-2-6-17(7-3-1)21-11-9-16(10-12-21)20-14-18-13-15-5-4-8-19(15)22-18/h1-3,6-7,15-16,18-20H,4-5,8-14H2. The van der Waals surface area contributed by atoms with Gasteiger partial charge in [0.1, 0.15) is 0 Å². The zero-order valence-corrected chi connectivity index (χ0v) is 13.4. The summed E-state index contributed by atoms with van der Waals surface area (Å²) < 4.78 is 6.19. The Bertz CT molecular complexity index is 458. The quantitative estimate of drug-likeness (QED) is 0.924. The lowest BCUT2D eigenvalue weighted by molar-refractivity contribution is 0.0395. The number of para-hydroxylation sites is 1. The number of rotatable bonds is 4. The summed E-state index contributed by atoms with van der Waals surface area (Å²) in [4.78, 5) is 2.51. The lowest BCUT2D eigenvalue weighted by Gasteiger charge is -2.34. The molecule has 3 atom stereocenters. The van der Waals surface area contributed by atoms with Gasteiger partial charge in [0.2, 0.25) is 0 Å². The number of piperidine rings is 1. The van der Waals surface area contributed by atoms with Crippen molar-refractivity contribution in [3.05, 3.63) is 30.3 Å². The molecule has 22 heavy (non-hydrogen) atoms. The number of hydrogen-bond donors (Lipinski definition) is 1. The Morgan fingerprint density at radius 1 is 1.05 bits per heavy atom. The van der Waals surface area contributed by atoms with Gasteiger partial charge in [-0.1, -0.05) is 24.6 Å². The molecule has 2 heterocycles. The minimum atomic E-state index is 0.474. The number of hydrogen-bond acceptors (Lipinski definition) is 3. The van der Waals surface area contributed by atoms with Crippen LogP contribution in [-0.2, 0) is 4.74 Å². The van der Waals surface area contributed by atoms with E-state index < -0.39 is 0 Å². The molecule has 0 aromatic heterocycles. The Kier molecular flexibility index (Phi) is 4.35. The summed E-state index contributed by atoms with van der Waals surface area (Å²) in [5, 5.41) is 3.77. The number of fused-ring (bicyclic) bond motifs is 1. The van der Waals surface area contributed by atoms with Crippen molar-refractivity contribution < 1.29 is 4.74 Å². The van der Waals surface area contributed by atoms with Gasteiger partial charge in [0.05, 0.1) is 12.2 Å². The van der Waals surface area contributed by atoms with Crippen LogP contribution in [0.5, 0.6) is 0 Å². The van der Waals surface area contributed by atoms with E-state index in [0.29, 0.717) is 18.2 Å². The summed E-state index contributed by atoms with van der Waals surface area (Å²) in [5.74, 6) is 0.867. The molecule has 4 rings (SSSR count). The molecule has 0 amide bonds. The van der Waals surface area contributed by atoms with Gasteiger partial charge in [-0.3, -0.25) is 0 Å². The van der Waals surface area contributed by atoms with Gasteiger partial charge in [0, 0.05) is 31.4 Å². The fourth-order valence-corrected chi connectivity index (χ4v) is 4.50. The minimum Gasteiger partial charge on any atom is -0.373 e. The summed E-state index contributed by atoms with van der Waals surface area (Å²) in [5.41, 5.74) is 1.37. The van der Waals surface area contributed by atoms with Gasteiger partial charge in [-0.25, -0.2) is 0 Å². The number of nitrogens with one attached hydrogen (secondary N) is 1. The molecule has 0 spiro atoms. The highest BCUT2D eigenvalue weighted by Gasteiger charge is 2.38. The highest BCUT2D eigenvalue weighted by molar-refractivity contribution is 5.46. The number of nitrogens with zero attached hydrogens (tertiary/aromatic N) is 1. The molecule has 1 N–H and O–H groups in total. The van der Waals surface area contributed by atoms with Crippen molar-refractivity contribution >= 4 is 5.69 Å². The summed E-state index contributed by atoms with van der Waals surface area (Å²) >= 11 is 0. The van der Waals surface area contributed by atoms with Crippen LogP contribution in [0.3, 0.4) is 0 Å². The predicted molar refractivity (Wildman–Crippen MR) is 90.3 cm³/mol. The first-order valence-electron chi connectivity index (χ1n) is 9.07. The van der Waals surface area contributed by atoms with Crippen LogP contribution in [0.1, 0.15) is 38.5 Å². The van der Waals surface area contributed by atoms with E-state index in [-0.39, 0.29) is 0 Å². The molecule has 2 aliphatic heterocycles. The van der Waals surface area contributed by atoms with E-state index in [2.05, 4.69) is 40.5 Å². The monoisotopic (exact) mass is 300 g/mol. The van der Waals surface area contributed by atoms with Crippen molar-refractivity contribution in [2.75, 3.05) is 24.5 Å². The van der Waals surface area contributed by atoms with E-state index in [0.717, 1.165) is 12.5 Å². The fraction of sp³-hybridized carbons (Fsp3) is 0.684. The highest BCUT2D eigenvalue weighted by Crippen LogP contribution is 2.38. The maximum Gasteiger partial charge on any atom is 0.0707 e. The largest absolute Gasteiger partial charge is 0.373 e. The Labute approximate surface area is 134 Å². The van der Waals surface area contributed by atoms with Gasteiger partial charge in [-0.05, 0) is 50.2 Å². The summed E-state index contributed by atoms with van der Waals surface area (Å²) in [6.45, 7) is 3.39. The van der Waals surface area contributed by atoms with Gasteiger partial charge < -0.3 is 15.0 Å². The molecular weight excluding hydrogens is 272 g/mol. The van der Waals surface area contributed by atoms with Crippen LogP contribution in [0.15, 0.2) is 30.3 Å². The van der Waals surface area contributed by atoms with Gasteiger partial charge in [-0.15, -0.1) is 0 Å². The molecule has 3 aliphatic rings. The molecule has 1 aromatic rings. The van der Waals surface area contributed by atoms with E-state index in [1.165, 1.54) is 57.3 Å². The van der Waals surface area contributed by atoms with E-state index >= 15 is 0 Å². The lowest BCUT2D eigenvalue weighted by atomic mass is 10.0. The number of ether oxygens (including phenoxy) is 1. The van der Waals surface area contributed by atoms with E-state index in [1.54, 1.807) is 0 Å². The first-order valence-corrected chi connectivity index (χ1v) is 9.07. The number of benzene rings is 1. The summed E-state index contributed by atoms with van der Waals surface area (Å²) in [6.07, 6.45) is 8.93. The van der Waals surface area contributed by atoms with Crippen LogP contribution < -0.4 is 10.2 Å². The third-order valence-corrected chi connectivity index (χ3v) is 5.77. The van der Waals surface area contributed by atoms with Gasteiger partial charge >= 0.3 is 0 Å². The Hall–Kier alpha value is -1.06. The van der Waals surface area contributed by atoms with Gasteiger partial charge in [0.15, 0.2) is 0 Å². The zero-order valence-electron chi connectivity index (χ0n) is 13.4. The van der Waals surface area contributed by atoms with Crippen molar-refractivity contribution in [2.24, 2.45) is 5.92 Å². The maximum absolute atomic E-state index is 6.19. The number of anilines is 1. The molecule has 1 aromatic carbocycles. The molecule has 0 radical (unpaired) electrons. The molecule has 2 saturated heterocycles. The SMILES string of the molecule is c1ccc(N2CCC(NCC3CC4CCCC4O3)CC2)cc1. The average molecular weight is 300 g/mol. The van der Waals surface area contributed by atoms with Gasteiger partial charge in [0.25, 0.3) is 0 Å². The average Bonchev–Trinajstić information content (AvgIpc) is 3.16. The maximum atomic E-state index is 6.19. The molecule has 120 valence electrons. The molecule has 1 saturated carbocycles. The van der Waals surface area contributed by atoms with E-state index in [1.807, 2.05) is 0 Å². The minimum absolute atomic E-state index is 0.474. The molecular formula is C19H28N2O. The van der Waals surface area contributed by atoms with Crippen molar-refractivity contribution in [1.82, 2.24) is 5.32 Å². The summed E-state index contributed by atoms with van der Waals surface area (Å²) in [6, 6.07) is 11.5. The van der Waals surface area contributed by atoms with Crippen LogP contribution in [0.25, 0.3) is 0 Å². The lowest BCUT2D eigenvalue weighted by Crippen LogP contribution is -2.44.